The molecule has 0 bridgehead atoms. The zero-order chi connectivity index (χ0) is 13.0. The largest absolute Gasteiger partial charge is 0.392 e. The zero-order valence-corrected chi connectivity index (χ0v) is 10.5. The van der Waals surface area contributed by atoms with E-state index < -0.39 is 0 Å². The predicted molar refractivity (Wildman–Crippen MR) is 69.6 cm³/mol. The quantitative estimate of drug-likeness (QED) is 0.831. The molecule has 18 heavy (non-hydrogen) atoms. The first-order valence-corrected chi connectivity index (χ1v) is 6.39. The molecule has 2 rings (SSSR count). The summed E-state index contributed by atoms with van der Waals surface area (Å²) in [5.74, 6) is -0.189. The maximum atomic E-state index is 11.2. The molecule has 0 aromatic heterocycles. The molecule has 4 nitrogen and oxygen atoms in total. The third kappa shape index (κ3) is 3.31. The molecular weight excluding hydrogens is 228 g/mol. The first-order chi connectivity index (χ1) is 8.69. The van der Waals surface area contributed by atoms with Crippen molar-refractivity contribution in [3.63, 3.8) is 0 Å². The van der Waals surface area contributed by atoms with Gasteiger partial charge in [0, 0.05) is 13.1 Å². The number of aliphatic hydroxyl groups excluding tert-OH is 1. The minimum atomic E-state index is -0.185. The van der Waals surface area contributed by atoms with Crippen molar-refractivity contribution in [2.75, 3.05) is 13.1 Å². The Kier molecular flexibility index (Phi) is 4.33. The van der Waals surface area contributed by atoms with Crippen molar-refractivity contribution in [2.24, 2.45) is 11.7 Å². The van der Waals surface area contributed by atoms with Crippen LogP contribution in [-0.2, 0) is 17.9 Å². The van der Waals surface area contributed by atoms with Crippen LogP contribution in [0.2, 0.25) is 0 Å². The van der Waals surface area contributed by atoms with Crippen LogP contribution in [0.1, 0.15) is 24.0 Å². The van der Waals surface area contributed by atoms with Crippen LogP contribution in [0.3, 0.4) is 0 Å². The molecule has 1 heterocycles. The number of nitrogens with two attached hydrogens (primary N) is 1. The highest BCUT2D eigenvalue weighted by molar-refractivity contribution is 5.76. The second-order valence-corrected chi connectivity index (χ2v) is 4.95. The smallest absolute Gasteiger partial charge is 0.221 e. The normalized spacial score (nSPS) is 20.8. The van der Waals surface area contributed by atoms with E-state index in [0.717, 1.165) is 38.0 Å². The van der Waals surface area contributed by atoms with Gasteiger partial charge in [-0.3, -0.25) is 9.69 Å². The summed E-state index contributed by atoms with van der Waals surface area (Å²) < 4.78 is 0. The number of hydrogen-bond acceptors (Lipinski definition) is 3. The average Bonchev–Trinajstić information content (AvgIpc) is 2.40. The fourth-order valence-corrected chi connectivity index (χ4v) is 2.44. The van der Waals surface area contributed by atoms with Gasteiger partial charge in [0.15, 0.2) is 0 Å². The SMILES string of the molecule is NC(=O)C1CCCN(Cc2ccc(CO)cc2)C1. The third-order valence-electron chi connectivity index (χ3n) is 3.52. The van der Waals surface area contributed by atoms with E-state index >= 15 is 0 Å². The van der Waals surface area contributed by atoms with Crippen molar-refractivity contribution in [1.82, 2.24) is 4.90 Å². The predicted octanol–water partition coefficient (Wildman–Crippen LogP) is 0.876. The number of nitrogens with zero attached hydrogens (tertiary/aromatic N) is 1. The molecule has 1 atom stereocenters. The number of rotatable bonds is 4. The highest BCUT2D eigenvalue weighted by atomic mass is 16.3. The summed E-state index contributed by atoms with van der Waals surface area (Å²) in [5, 5.41) is 8.98. The van der Waals surface area contributed by atoms with Crippen molar-refractivity contribution >= 4 is 5.91 Å². The van der Waals surface area contributed by atoms with Crippen molar-refractivity contribution < 1.29 is 9.90 Å². The molecule has 1 saturated heterocycles. The summed E-state index contributed by atoms with van der Waals surface area (Å²) in [6, 6.07) is 7.93. The van der Waals surface area contributed by atoms with Gasteiger partial charge >= 0.3 is 0 Å². The Balaban J connectivity index is 1.93. The van der Waals surface area contributed by atoms with E-state index in [4.69, 9.17) is 10.8 Å². The van der Waals surface area contributed by atoms with Crippen LogP contribution in [0, 0.1) is 5.92 Å². The second-order valence-electron chi connectivity index (χ2n) is 4.95. The van der Waals surface area contributed by atoms with Gasteiger partial charge in [-0.25, -0.2) is 0 Å². The number of carbonyl (C=O) groups is 1. The Bertz CT molecular complexity index is 403. The van der Waals surface area contributed by atoms with Crippen molar-refractivity contribution in [3.05, 3.63) is 35.4 Å². The highest BCUT2D eigenvalue weighted by Crippen LogP contribution is 2.18. The van der Waals surface area contributed by atoms with Crippen molar-refractivity contribution in [2.45, 2.75) is 26.0 Å². The summed E-state index contributed by atoms with van der Waals surface area (Å²) in [4.78, 5) is 13.5. The maximum Gasteiger partial charge on any atom is 0.221 e. The fourth-order valence-electron chi connectivity index (χ4n) is 2.44. The molecule has 0 aliphatic carbocycles. The van der Waals surface area contributed by atoms with Crippen LogP contribution >= 0.6 is 0 Å². The van der Waals surface area contributed by atoms with Gasteiger partial charge in [-0.05, 0) is 30.5 Å². The maximum absolute atomic E-state index is 11.2. The molecule has 1 unspecified atom stereocenters. The first-order valence-electron chi connectivity index (χ1n) is 6.39. The Morgan fingerprint density at radius 1 is 1.33 bits per heavy atom. The van der Waals surface area contributed by atoms with Crippen molar-refractivity contribution in [1.29, 1.82) is 0 Å². The van der Waals surface area contributed by atoms with Crippen LogP contribution < -0.4 is 5.73 Å². The van der Waals surface area contributed by atoms with E-state index in [1.54, 1.807) is 0 Å². The minimum absolute atomic E-state index is 0.00420. The van der Waals surface area contributed by atoms with Gasteiger partial charge < -0.3 is 10.8 Å². The standard InChI is InChI=1S/C14H20N2O2/c15-14(18)13-2-1-7-16(9-13)8-11-3-5-12(10-17)6-4-11/h3-6,13,17H,1-2,7-10H2,(H2,15,18). The highest BCUT2D eigenvalue weighted by Gasteiger charge is 2.23. The van der Waals surface area contributed by atoms with E-state index in [1.165, 1.54) is 5.56 Å². The molecule has 0 spiro atoms. The van der Waals surface area contributed by atoms with E-state index in [0.29, 0.717) is 0 Å². The molecule has 98 valence electrons. The van der Waals surface area contributed by atoms with Crippen LogP contribution in [0.15, 0.2) is 24.3 Å². The molecule has 1 aromatic carbocycles. The molecule has 0 radical (unpaired) electrons. The molecule has 1 aromatic rings. The molecule has 1 aliphatic rings. The van der Waals surface area contributed by atoms with E-state index in [2.05, 4.69) is 4.90 Å². The zero-order valence-electron chi connectivity index (χ0n) is 10.5. The lowest BCUT2D eigenvalue weighted by Crippen LogP contribution is -2.40. The summed E-state index contributed by atoms with van der Waals surface area (Å²) in [5.41, 5.74) is 7.50. The molecule has 1 aliphatic heterocycles. The Morgan fingerprint density at radius 2 is 2.00 bits per heavy atom. The monoisotopic (exact) mass is 248 g/mol. The summed E-state index contributed by atoms with van der Waals surface area (Å²) in [6.45, 7) is 2.70. The molecule has 3 N–H and O–H groups in total. The van der Waals surface area contributed by atoms with Gasteiger partial charge in [-0.15, -0.1) is 0 Å². The Morgan fingerprint density at radius 3 is 2.61 bits per heavy atom. The van der Waals surface area contributed by atoms with E-state index in [-0.39, 0.29) is 18.4 Å². The number of benzene rings is 1. The molecule has 1 fully saturated rings. The summed E-state index contributed by atoms with van der Waals surface area (Å²) in [7, 11) is 0. The van der Waals surface area contributed by atoms with Gasteiger partial charge in [0.25, 0.3) is 0 Å². The lowest BCUT2D eigenvalue weighted by atomic mass is 9.97. The Hall–Kier alpha value is -1.39. The fraction of sp³-hybridized carbons (Fsp3) is 0.500. The van der Waals surface area contributed by atoms with Crippen LogP contribution in [0.5, 0.6) is 0 Å². The number of piperidine rings is 1. The van der Waals surface area contributed by atoms with Crippen molar-refractivity contribution in [3.8, 4) is 0 Å². The van der Waals surface area contributed by atoms with Gasteiger partial charge in [0.1, 0.15) is 0 Å². The third-order valence-corrected chi connectivity index (χ3v) is 3.52. The lowest BCUT2D eigenvalue weighted by molar-refractivity contribution is -0.123. The van der Waals surface area contributed by atoms with Gasteiger partial charge in [-0.2, -0.15) is 0 Å². The first kappa shape index (κ1) is 13.1. The summed E-state index contributed by atoms with van der Waals surface area (Å²) >= 11 is 0. The van der Waals surface area contributed by atoms with E-state index in [1.807, 2.05) is 24.3 Å². The number of hydrogen-bond donors (Lipinski definition) is 2. The number of carbonyl (C=O) groups excluding carboxylic acids is 1. The van der Waals surface area contributed by atoms with Gasteiger partial charge in [0.05, 0.1) is 12.5 Å². The van der Waals surface area contributed by atoms with Gasteiger partial charge in [0.2, 0.25) is 5.91 Å². The number of likely N-dealkylation sites (tertiary alicyclic amines) is 1. The second kappa shape index (κ2) is 5.98. The minimum Gasteiger partial charge on any atom is -0.392 e. The number of primary amides is 1. The number of amides is 1. The summed E-state index contributed by atoms with van der Waals surface area (Å²) in [6.07, 6.45) is 1.94. The van der Waals surface area contributed by atoms with Crippen LogP contribution in [-0.4, -0.2) is 29.0 Å². The number of aliphatic hydroxyl groups is 1. The Labute approximate surface area is 107 Å². The molecule has 0 saturated carbocycles. The molecular formula is C14H20N2O2. The van der Waals surface area contributed by atoms with Gasteiger partial charge in [-0.1, -0.05) is 24.3 Å². The van der Waals surface area contributed by atoms with E-state index in [9.17, 15) is 4.79 Å². The lowest BCUT2D eigenvalue weighted by Gasteiger charge is -2.31. The van der Waals surface area contributed by atoms with Crippen LogP contribution in [0.4, 0.5) is 0 Å². The van der Waals surface area contributed by atoms with Crippen LogP contribution in [0.25, 0.3) is 0 Å². The molecule has 1 amide bonds. The average molecular weight is 248 g/mol. The topological polar surface area (TPSA) is 66.6 Å². The molecule has 4 heteroatoms.